The van der Waals surface area contributed by atoms with E-state index >= 15 is 0 Å². The van der Waals surface area contributed by atoms with E-state index in [1.54, 1.807) is 7.05 Å². The molecule has 0 fully saturated rings. The maximum Gasteiger partial charge on any atom is 0.121 e. The number of hydrogen-bond acceptors (Lipinski definition) is 3. The van der Waals surface area contributed by atoms with E-state index in [4.69, 9.17) is 0 Å². The monoisotopic (exact) mass is 142 g/mol. The Morgan fingerprint density at radius 2 is 2.40 bits per heavy atom. The highest BCUT2D eigenvalue weighted by Gasteiger charge is 2.06. The molecule has 0 radical (unpaired) electrons. The van der Waals surface area contributed by atoms with Gasteiger partial charge in [-0.2, -0.15) is 0 Å². The van der Waals surface area contributed by atoms with Crippen LogP contribution in [0.3, 0.4) is 0 Å². The molecule has 0 rings (SSSR count). The molecule has 0 aliphatic rings. The van der Waals surface area contributed by atoms with Crippen LogP contribution in [0.5, 0.6) is 0 Å². The van der Waals surface area contributed by atoms with E-state index in [1.165, 1.54) is 0 Å². The van der Waals surface area contributed by atoms with Crippen molar-refractivity contribution in [2.75, 3.05) is 14.1 Å². The molecule has 0 aliphatic carbocycles. The van der Waals surface area contributed by atoms with Crippen LogP contribution in [0, 0.1) is 0 Å². The standard InChI is InChI=1S/C7H14N2O/c1-6(8-2)7(9-3)4-5-10/h5,7,9H,4H2,1-3H3. The zero-order chi connectivity index (χ0) is 7.98. The molecular weight excluding hydrogens is 128 g/mol. The molecule has 0 aromatic rings. The maximum absolute atomic E-state index is 10.1. The number of nitrogens with one attached hydrogen (secondary N) is 1. The fraction of sp³-hybridized carbons (Fsp3) is 0.714. The average molecular weight is 142 g/mol. The minimum Gasteiger partial charge on any atom is -0.312 e. The normalized spacial score (nSPS) is 14.9. The number of carbonyl (C=O) groups is 1. The summed E-state index contributed by atoms with van der Waals surface area (Å²) in [6.45, 7) is 1.91. The van der Waals surface area contributed by atoms with E-state index in [0.29, 0.717) is 6.42 Å². The van der Waals surface area contributed by atoms with Crippen molar-refractivity contribution in [3.8, 4) is 0 Å². The van der Waals surface area contributed by atoms with Crippen molar-refractivity contribution >= 4 is 12.0 Å². The molecule has 0 saturated carbocycles. The largest absolute Gasteiger partial charge is 0.312 e. The van der Waals surface area contributed by atoms with Crippen LogP contribution in [0.1, 0.15) is 13.3 Å². The molecular formula is C7H14N2O. The van der Waals surface area contributed by atoms with Crippen LogP contribution >= 0.6 is 0 Å². The zero-order valence-electron chi connectivity index (χ0n) is 6.72. The lowest BCUT2D eigenvalue weighted by molar-refractivity contribution is -0.108. The molecule has 3 nitrogen and oxygen atoms in total. The van der Waals surface area contributed by atoms with Crippen molar-refractivity contribution in [1.29, 1.82) is 0 Å². The summed E-state index contributed by atoms with van der Waals surface area (Å²) in [5, 5.41) is 2.99. The van der Waals surface area contributed by atoms with E-state index in [1.807, 2.05) is 14.0 Å². The second-order valence-corrected chi connectivity index (χ2v) is 2.11. The quantitative estimate of drug-likeness (QED) is 0.451. The Labute approximate surface area is 61.5 Å². The van der Waals surface area contributed by atoms with Crippen molar-refractivity contribution in [3.63, 3.8) is 0 Å². The summed E-state index contributed by atoms with van der Waals surface area (Å²) in [6, 6.07) is 0.113. The van der Waals surface area contributed by atoms with Crippen LogP contribution in [-0.4, -0.2) is 32.1 Å². The Morgan fingerprint density at radius 1 is 1.80 bits per heavy atom. The highest BCUT2D eigenvalue weighted by molar-refractivity contribution is 5.88. The van der Waals surface area contributed by atoms with E-state index < -0.39 is 0 Å². The van der Waals surface area contributed by atoms with Crippen LogP contribution in [0.2, 0.25) is 0 Å². The predicted octanol–water partition coefficient (Wildman–Crippen LogP) is 0.254. The maximum atomic E-state index is 10.1. The summed E-state index contributed by atoms with van der Waals surface area (Å²) in [4.78, 5) is 14.1. The molecule has 0 heterocycles. The summed E-state index contributed by atoms with van der Waals surface area (Å²) in [6.07, 6.45) is 1.40. The van der Waals surface area contributed by atoms with Gasteiger partial charge < -0.3 is 10.1 Å². The van der Waals surface area contributed by atoms with Gasteiger partial charge in [0.2, 0.25) is 0 Å². The number of aldehydes is 1. The Balaban J connectivity index is 3.92. The first kappa shape index (κ1) is 9.30. The summed E-state index contributed by atoms with van der Waals surface area (Å²) < 4.78 is 0. The van der Waals surface area contributed by atoms with Gasteiger partial charge in [0, 0.05) is 19.2 Å². The average Bonchev–Trinajstić information content (AvgIpc) is 1.99. The molecule has 10 heavy (non-hydrogen) atoms. The summed E-state index contributed by atoms with van der Waals surface area (Å²) in [5.74, 6) is 0. The van der Waals surface area contributed by atoms with Crippen LogP contribution in [0.25, 0.3) is 0 Å². The van der Waals surface area contributed by atoms with Crippen molar-refractivity contribution in [2.24, 2.45) is 4.99 Å². The number of rotatable bonds is 4. The van der Waals surface area contributed by atoms with Crippen LogP contribution < -0.4 is 5.32 Å². The molecule has 0 saturated heterocycles. The van der Waals surface area contributed by atoms with Gasteiger partial charge in [-0.05, 0) is 14.0 Å². The van der Waals surface area contributed by atoms with Gasteiger partial charge in [-0.25, -0.2) is 0 Å². The smallest absolute Gasteiger partial charge is 0.121 e. The lowest BCUT2D eigenvalue weighted by Gasteiger charge is -2.11. The molecule has 1 unspecified atom stereocenters. The number of nitrogens with zero attached hydrogens (tertiary/aromatic N) is 1. The van der Waals surface area contributed by atoms with E-state index in [9.17, 15) is 4.79 Å². The van der Waals surface area contributed by atoms with Crippen molar-refractivity contribution in [2.45, 2.75) is 19.4 Å². The first-order valence-electron chi connectivity index (χ1n) is 3.30. The van der Waals surface area contributed by atoms with Crippen LogP contribution in [0.15, 0.2) is 4.99 Å². The molecule has 0 bridgehead atoms. The molecule has 3 heteroatoms. The summed E-state index contributed by atoms with van der Waals surface area (Å²) in [7, 11) is 3.55. The van der Waals surface area contributed by atoms with Crippen LogP contribution in [-0.2, 0) is 4.79 Å². The molecule has 0 aromatic carbocycles. The van der Waals surface area contributed by atoms with E-state index in [0.717, 1.165) is 12.0 Å². The van der Waals surface area contributed by atoms with Gasteiger partial charge >= 0.3 is 0 Å². The third-order valence-electron chi connectivity index (χ3n) is 1.54. The van der Waals surface area contributed by atoms with Gasteiger partial charge in [-0.15, -0.1) is 0 Å². The molecule has 1 atom stereocenters. The van der Waals surface area contributed by atoms with Gasteiger partial charge in [0.15, 0.2) is 0 Å². The van der Waals surface area contributed by atoms with Gasteiger partial charge in [0.25, 0.3) is 0 Å². The number of hydrogen-bond donors (Lipinski definition) is 1. The highest BCUT2D eigenvalue weighted by Crippen LogP contribution is 1.90. The first-order chi connectivity index (χ1) is 4.76. The summed E-state index contributed by atoms with van der Waals surface area (Å²) >= 11 is 0. The minimum atomic E-state index is 0.113. The number of carbonyl (C=O) groups excluding carboxylic acids is 1. The molecule has 0 spiro atoms. The number of aliphatic imine (C=N–C) groups is 1. The fourth-order valence-corrected chi connectivity index (χ4v) is 0.749. The lowest BCUT2D eigenvalue weighted by atomic mass is 10.1. The topological polar surface area (TPSA) is 41.5 Å². The molecule has 0 amide bonds. The second kappa shape index (κ2) is 5.11. The van der Waals surface area contributed by atoms with Gasteiger partial charge in [-0.3, -0.25) is 4.99 Å². The Bertz CT molecular complexity index is 132. The Kier molecular flexibility index (Phi) is 4.76. The molecule has 0 aromatic heterocycles. The van der Waals surface area contributed by atoms with Crippen molar-refractivity contribution in [3.05, 3.63) is 0 Å². The lowest BCUT2D eigenvalue weighted by Crippen LogP contribution is -2.32. The SMILES string of the molecule is CN=C(C)C(CC=O)NC. The van der Waals surface area contributed by atoms with Crippen molar-refractivity contribution in [1.82, 2.24) is 5.32 Å². The van der Waals surface area contributed by atoms with Crippen LogP contribution in [0.4, 0.5) is 0 Å². The fourth-order valence-electron chi connectivity index (χ4n) is 0.749. The van der Waals surface area contributed by atoms with Crippen molar-refractivity contribution < 1.29 is 4.79 Å². The van der Waals surface area contributed by atoms with Gasteiger partial charge in [-0.1, -0.05) is 0 Å². The van der Waals surface area contributed by atoms with Gasteiger partial charge in [0.1, 0.15) is 6.29 Å². The molecule has 0 aliphatic heterocycles. The highest BCUT2D eigenvalue weighted by atomic mass is 16.1. The minimum absolute atomic E-state index is 0.113. The Morgan fingerprint density at radius 3 is 2.70 bits per heavy atom. The second-order valence-electron chi connectivity index (χ2n) is 2.11. The third-order valence-corrected chi connectivity index (χ3v) is 1.54. The molecule has 58 valence electrons. The first-order valence-corrected chi connectivity index (χ1v) is 3.30. The molecule has 1 N–H and O–H groups in total. The van der Waals surface area contributed by atoms with E-state index in [2.05, 4.69) is 10.3 Å². The third kappa shape index (κ3) is 2.73. The zero-order valence-corrected chi connectivity index (χ0v) is 6.72. The summed E-state index contributed by atoms with van der Waals surface area (Å²) in [5.41, 5.74) is 0.967. The predicted molar refractivity (Wildman–Crippen MR) is 42.6 cm³/mol. The van der Waals surface area contributed by atoms with Gasteiger partial charge in [0.05, 0.1) is 6.04 Å². The Hall–Kier alpha value is -0.700. The van der Waals surface area contributed by atoms with E-state index in [-0.39, 0.29) is 6.04 Å².